The van der Waals surface area contributed by atoms with Crippen LogP contribution in [-0.2, 0) is 13.1 Å². The molecule has 4 nitrogen and oxygen atoms in total. The first-order valence-corrected chi connectivity index (χ1v) is 11.7. The molecule has 1 fully saturated rings. The molecule has 0 saturated carbocycles. The highest BCUT2D eigenvalue weighted by molar-refractivity contribution is 7.99. The molecule has 0 amide bonds. The molecule has 3 aliphatic rings. The van der Waals surface area contributed by atoms with Crippen molar-refractivity contribution < 1.29 is 9.47 Å². The predicted molar refractivity (Wildman–Crippen MR) is 108 cm³/mol. The topological polar surface area (TPSA) is 24.9 Å². The number of hydrogen-bond acceptors (Lipinski definition) is 7. The third-order valence-corrected chi connectivity index (χ3v) is 7.26. The largest absolute Gasteiger partial charge is 0.492 e. The zero-order chi connectivity index (χ0) is 16.9. The standard InChI is InChI=1S/C18H24N2O2S3/c1-9-24-17-13-19-3-5-20(6-4-19)14-18-16(2-10-25-18)22-8-12-23-11-7-21-15(1)17/h1-2,9-10H,3-8,11-14H2. The lowest BCUT2D eigenvalue weighted by molar-refractivity contribution is 0.122. The smallest absolute Gasteiger partial charge is 0.134 e. The quantitative estimate of drug-likeness (QED) is 0.677. The van der Waals surface area contributed by atoms with Crippen molar-refractivity contribution in [3.8, 4) is 11.5 Å². The van der Waals surface area contributed by atoms with Gasteiger partial charge in [-0.15, -0.1) is 22.7 Å². The number of fused-ring (bicyclic) bond motifs is 8. The van der Waals surface area contributed by atoms with E-state index in [1.165, 1.54) is 9.75 Å². The van der Waals surface area contributed by atoms with Crippen molar-refractivity contribution in [1.29, 1.82) is 0 Å². The molecule has 5 heterocycles. The van der Waals surface area contributed by atoms with Crippen LogP contribution in [0.1, 0.15) is 9.75 Å². The molecule has 0 aliphatic carbocycles. The van der Waals surface area contributed by atoms with Crippen LogP contribution in [0, 0.1) is 0 Å². The van der Waals surface area contributed by atoms with Crippen molar-refractivity contribution in [1.82, 2.24) is 9.80 Å². The second kappa shape index (κ2) is 8.77. The third kappa shape index (κ3) is 4.71. The van der Waals surface area contributed by atoms with Crippen LogP contribution in [0.15, 0.2) is 22.9 Å². The van der Waals surface area contributed by atoms with Crippen molar-refractivity contribution in [2.75, 3.05) is 50.9 Å². The summed E-state index contributed by atoms with van der Waals surface area (Å²) < 4.78 is 12.0. The van der Waals surface area contributed by atoms with Crippen LogP contribution in [0.3, 0.4) is 0 Å². The number of piperazine rings is 1. The summed E-state index contributed by atoms with van der Waals surface area (Å²) in [5, 5.41) is 4.30. The Labute approximate surface area is 161 Å². The summed E-state index contributed by atoms with van der Waals surface area (Å²) in [5.74, 6) is 4.17. The molecule has 0 spiro atoms. The number of rotatable bonds is 0. The van der Waals surface area contributed by atoms with Crippen LogP contribution in [0.5, 0.6) is 11.5 Å². The van der Waals surface area contributed by atoms with Crippen LogP contribution in [0.25, 0.3) is 0 Å². The maximum Gasteiger partial charge on any atom is 0.134 e. The van der Waals surface area contributed by atoms with Gasteiger partial charge in [-0.1, -0.05) is 0 Å². The normalized spacial score (nSPS) is 25.3. The lowest BCUT2D eigenvalue weighted by Crippen LogP contribution is -2.45. The molecule has 136 valence electrons. The second-order valence-corrected chi connectivity index (χ2v) is 9.50. The molecular formula is C18H24N2O2S3. The summed E-state index contributed by atoms with van der Waals surface area (Å²) >= 11 is 5.54. The Morgan fingerprint density at radius 2 is 1.20 bits per heavy atom. The van der Waals surface area contributed by atoms with Gasteiger partial charge in [0, 0.05) is 50.8 Å². The number of thioether (sulfide) groups is 1. The molecule has 2 bridgehead atoms. The number of hydrogen-bond donors (Lipinski definition) is 0. The van der Waals surface area contributed by atoms with Crippen LogP contribution < -0.4 is 9.47 Å². The fourth-order valence-corrected chi connectivity index (χ4v) is 5.50. The average molecular weight is 397 g/mol. The molecule has 0 aromatic carbocycles. The molecule has 5 rings (SSSR count). The Hall–Kier alpha value is -0.730. The molecule has 25 heavy (non-hydrogen) atoms. The summed E-state index contributed by atoms with van der Waals surface area (Å²) in [6.45, 7) is 8.05. The van der Waals surface area contributed by atoms with Crippen molar-refractivity contribution >= 4 is 34.4 Å². The molecule has 2 aromatic heterocycles. The van der Waals surface area contributed by atoms with Crippen molar-refractivity contribution in [2.24, 2.45) is 0 Å². The maximum atomic E-state index is 6.02. The molecule has 2 aromatic rings. The molecule has 0 atom stereocenters. The van der Waals surface area contributed by atoms with E-state index >= 15 is 0 Å². The highest BCUT2D eigenvalue weighted by atomic mass is 32.2. The second-order valence-electron chi connectivity index (χ2n) is 6.28. The van der Waals surface area contributed by atoms with E-state index in [0.717, 1.165) is 75.5 Å². The molecule has 3 aliphatic heterocycles. The molecule has 0 unspecified atom stereocenters. The van der Waals surface area contributed by atoms with Gasteiger partial charge < -0.3 is 9.47 Å². The summed E-state index contributed by atoms with van der Waals surface area (Å²) in [7, 11) is 0. The Morgan fingerprint density at radius 3 is 1.68 bits per heavy atom. The summed E-state index contributed by atoms with van der Waals surface area (Å²) in [6.07, 6.45) is 0. The van der Waals surface area contributed by atoms with Gasteiger partial charge in [-0.2, -0.15) is 11.8 Å². The molecular weight excluding hydrogens is 372 g/mol. The van der Waals surface area contributed by atoms with Gasteiger partial charge in [0.2, 0.25) is 0 Å². The van der Waals surface area contributed by atoms with Gasteiger partial charge in [0.15, 0.2) is 0 Å². The zero-order valence-electron chi connectivity index (χ0n) is 14.3. The minimum Gasteiger partial charge on any atom is -0.492 e. The van der Waals surface area contributed by atoms with Gasteiger partial charge >= 0.3 is 0 Å². The van der Waals surface area contributed by atoms with E-state index in [1.807, 2.05) is 34.4 Å². The highest BCUT2D eigenvalue weighted by Gasteiger charge is 2.20. The average Bonchev–Trinajstić information content (AvgIpc) is 3.25. The summed E-state index contributed by atoms with van der Waals surface area (Å²) in [5.41, 5.74) is 0. The lowest BCUT2D eigenvalue weighted by atomic mass is 10.2. The number of ether oxygens (including phenoxy) is 2. The monoisotopic (exact) mass is 396 g/mol. The summed E-state index contributed by atoms with van der Waals surface area (Å²) in [4.78, 5) is 7.83. The van der Waals surface area contributed by atoms with E-state index in [-0.39, 0.29) is 0 Å². The molecule has 0 N–H and O–H groups in total. The fraction of sp³-hybridized carbons (Fsp3) is 0.556. The maximum absolute atomic E-state index is 6.02. The van der Waals surface area contributed by atoms with E-state index in [0.29, 0.717) is 0 Å². The van der Waals surface area contributed by atoms with Crippen LogP contribution in [0.4, 0.5) is 0 Å². The van der Waals surface area contributed by atoms with Crippen molar-refractivity contribution in [3.63, 3.8) is 0 Å². The van der Waals surface area contributed by atoms with Crippen LogP contribution in [0.2, 0.25) is 0 Å². The van der Waals surface area contributed by atoms with E-state index in [9.17, 15) is 0 Å². The SMILES string of the molecule is c1cc2c(s1)CN1CCN(CC1)Cc1sccc1OCCSCCO2. The minimum atomic E-state index is 0.770. The molecule has 1 saturated heterocycles. The minimum absolute atomic E-state index is 0.770. The Balaban J connectivity index is 1.44. The number of nitrogens with zero attached hydrogens (tertiary/aromatic N) is 2. The fourth-order valence-electron chi connectivity index (χ4n) is 3.18. The van der Waals surface area contributed by atoms with E-state index in [2.05, 4.69) is 32.7 Å². The predicted octanol–water partition coefficient (Wildman–Crippen LogP) is 3.63. The lowest BCUT2D eigenvalue weighted by Gasteiger charge is -2.34. The van der Waals surface area contributed by atoms with Crippen LogP contribution in [-0.4, -0.2) is 60.7 Å². The highest BCUT2D eigenvalue weighted by Crippen LogP contribution is 2.29. The first kappa shape index (κ1) is 17.7. The van der Waals surface area contributed by atoms with E-state index in [4.69, 9.17) is 9.47 Å². The van der Waals surface area contributed by atoms with Gasteiger partial charge in [-0.3, -0.25) is 9.80 Å². The van der Waals surface area contributed by atoms with Gasteiger partial charge in [0.1, 0.15) is 11.5 Å². The third-order valence-electron chi connectivity index (χ3n) is 4.58. The first-order chi connectivity index (χ1) is 12.4. The molecule has 0 radical (unpaired) electrons. The number of thiophene rings is 2. The van der Waals surface area contributed by atoms with E-state index in [1.54, 1.807) is 0 Å². The van der Waals surface area contributed by atoms with Crippen molar-refractivity contribution in [2.45, 2.75) is 13.1 Å². The Bertz CT molecular complexity index is 609. The van der Waals surface area contributed by atoms with Crippen molar-refractivity contribution in [3.05, 3.63) is 32.6 Å². The summed E-state index contributed by atoms with van der Waals surface area (Å²) in [6, 6.07) is 4.24. The first-order valence-electron chi connectivity index (χ1n) is 8.79. The van der Waals surface area contributed by atoms with E-state index < -0.39 is 0 Å². The van der Waals surface area contributed by atoms with Gasteiger partial charge in [-0.05, 0) is 22.9 Å². The Kier molecular flexibility index (Phi) is 6.20. The van der Waals surface area contributed by atoms with Crippen LogP contribution >= 0.6 is 34.4 Å². The Morgan fingerprint density at radius 1 is 0.720 bits per heavy atom. The van der Waals surface area contributed by atoms with Gasteiger partial charge in [-0.25, -0.2) is 0 Å². The van der Waals surface area contributed by atoms with Gasteiger partial charge in [0.25, 0.3) is 0 Å². The zero-order valence-corrected chi connectivity index (χ0v) is 16.8. The van der Waals surface area contributed by atoms with Gasteiger partial charge in [0.05, 0.1) is 23.0 Å². The molecule has 7 heteroatoms.